The number of rotatable bonds is 4. The summed E-state index contributed by atoms with van der Waals surface area (Å²) in [4.78, 5) is 2.32. The molecule has 3 N–H and O–H groups in total. The van der Waals surface area contributed by atoms with Crippen molar-refractivity contribution in [2.45, 2.75) is 44.1 Å². The fourth-order valence-electron chi connectivity index (χ4n) is 4.91. The molecule has 5 heteroatoms. The maximum Gasteiger partial charge on any atom is 0.173 e. The predicted octanol–water partition coefficient (Wildman–Crippen LogP) is 4.67. The monoisotopic (exact) mass is 390 g/mol. The smallest absolute Gasteiger partial charge is 0.173 e. The Labute approximate surface area is 172 Å². The molecule has 0 heterocycles. The Hall–Kier alpha value is -2.58. The average molecular weight is 391 g/mol. The van der Waals surface area contributed by atoms with Gasteiger partial charge in [-0.15, -0.1) is 0 Å². The van der Waals surface area contributed by atoms with Gasteiger partial charge in [-0.1, -0.05) is 24.3 Å². The summed E-state index contributed by atoms with van der Waals surface area (Å²) < 4.78 is 0. The number of hydrogen-bond acceptors (Lipinski definition) is 3. The molecule has 2 saturated carbocycles. The van der Waals surface area contributed by atoms with Gasteiger partial charge in [0.15, 0.2) is 5.11 Å². The van der Waals surface area contributed by atoms with E-state index in [-0.39, 0.29) is 5.41 Å². The van der Waals surface area contributed by atoms with Crippen LogP contribution in [0.3, 0.4) is 0 Å². The number of anilines is 2. The van der Waals surface area contributed by atoms with Crippen LogP contribution in [-0.2, 0) is 5.41 Å². The van der Waals surface area contributed by atoms with Crippen molar-refractivity contribution < 1.29 is 0 Å². The standard InChI is InChI=1S/C23H26N4S/c1-2-27(22(28)26-21-9-4-3-8-20(21)25)19-10-11-23(14-18(23)13-19)17-7-5-6-16(12-17)15-24/h3-9,12,18-19H,2,10-11,13-14,25H2,1H3,(H,26,28)/t18?,19-,23-/m1/s1. The first-order chi connectivity index (χ1) is 13.6. The van der Waals surface area contributed by atoms with Gasteiger partial charge in [-0.3, -0.25) is 0 Å². The van der Waals surface area contributed by atoms with Crippen molar-refractivity contribution in [3.63, 3.8) is 0 Å². The maximum atomic E-state index is 9.22. The highest BCUT2D eigenvalue weighted by Gasteiger charge is 2.58. The van der Waals surface area contributed by atoms with E-state index in [1.165, 1.54) is 12.0 Å². The molecule has 2 aliphatic rings. The minimum atomic E-state index is 0.279. The fraction of sp³-hybridized carbons (Fsp3) is 0.391. The lowest BCUT2D eigenvalue weighted by atomic mass is 9.80. The third-order valence-electron chi connectivity index (χ3n) is 6.52. The van der Waals surface area contributed by atoms with Crippen LogP contribution < -0.4 is 11.1 Å². The third-order valence-corrected chi connectivity index (χ3v) is 6.86. The molecule has 28 heavy (non-hydrogen) atoms. The van der Waals surface area contributed by atoms with Gasteiger partial charge < -0.3 is 16.0 Å². The number of nitrogens with one attached hydrogen (secondary N) is 1. The van der Waals surface area contributed by atoms with E-state index in [4.69, 9.17) is 18.0 Å². The number of nitrogens with zero attached hydrogens (tertiary/aromatic N) is 2. The highest BCUT2D eigenvalue weighted by molar-refractivity contribution is 7.80. The molecule has 144 valence electrons. The van der Waals surface area contributed by atoms with Crippen LogP contribution in [0.15, 0.2) is 48.5 Å². The van der Waals surface area contributed by atoms with Gasteiger partial charge >= 0.3 is 0 Å². The van der Waals surface area contributed by atoms with Crippen LogP contribution in [0, 0.1) is 17.2 Å². The molecule has 4 nitrogen and oxygen atoms in total. The molecule has 0 radical (unpaired) electrons. The van der Waals surface area contributed by atoms with Gasteiger partial charge in [-0.2, -0.15) is 5.26 Å². The molecule has 0 bridgehead atoms. The van der Waals surface area contributed by atoms with Crippen LogP contribution in [-0.4, -0.2) is 22.6 Å². The first-order valence-corrected chi connectivity index (χ1v) is 10.4. The van der Waals surface area contributed by atoms with Gasteiger partial charge in [-0.05, 0) is 86.0 Å². The normalized spacial score (nSPS) is 25.3. The number of nitriles is 1. The second-order valence-corrected chi connectivity index (χ2v) is 8.37. The topological polar surface area (TPSA) is 65.1 Å². The van der Waals surface area contributed by atoms with Crippen LogP contribution in [0.4, 0.5) is 11.4 Å². The van der Waals surface area contributed by atoms with Crippen LogP contribution in [0.1, 0.15) is 43.7 Å². The molecule has 2 aromatic carbocycles. The summed E-state index contributed by atoms with van der Waals surface area (Å²) in [5.41, 5.74) is 10.0. The van der Waals surface area contributed by atoms with E-state index in [1.54, 1.807) is 0 Å². The molecule has 2 aromatic rings. The van der Waals surface area contributed by atoms with Gasteiger partial charge in [0.2, 0.25) is 0 Å². The van der Waals surface area contributed by atoms with Crippen molar-refractivity contribution >= 4 is 28.7 Å². The first-order valence-electron chi connectivity index (χ1n) is 10.00. The lowest BCUT2D eigenvalue weighted by Crippen LogP contribution is -2.45. The van der Waals surface area contributed by atoms with E-state index >= 15 is 0 Å². The Morgan fingerprint density at radius 2 is 2.14 bits per heavy atom. The fourth-order valence-corrected chi connectivity index (χ4v) is 5.30. The molecular formula is C23H26N4S. The maximum absolute atomic E-state index is 9.22. The number of thiocarbonyl (C=S) groups is 1. The summed E-state index contributed by atoms with van der Waals surface area (Å²) in [6.07, 6.45) is 4.65. The lowest BCUT2D eigenvalue weighted by molar-refractivity contribution is 0.235. The number of nitrogen functional groups attached to an aromatic ring is 1. The Balaban J connectivity index is 1.44. The third kappa shape index (κ3) is 3.33. The van der Waals surface area contributed by atoms with Crippen molar-refractivity contribution in [1.29, 1.82) is 5.26 Å². The molecule has 0 amide bonds. The van der Waals surface area contributed by atoms with Gasteiger partial charge in [-0.25, -0.2) is 0 Å². The zero-order valence-corrected chi connectivity index (χ0v) is 17.0. The second kappa shape index (κ2) is 7.44. The number of benzene rings is 2. The Kier molecular flexibility index (Phi) is 4.99. The number of hydrogen-bond donors (Lipinski definition) is 2. The Morgan fingerprint density at radius 1 is 1.32 bits per heavy atom. The van der Waals surface area contributed by atoms with Gasteiger partial charge in [0.25, 0.3) is 0 Å². The summed E-state index contributed by atoms with van der Waals surface area (Å²) >= 11 is 5.73. The number of nitrogens with two attached hydrogens (primary N) is 1. The van der Waals surface area contributed by atoms with E-state index in [9.17, 15) is 5.26 Å². The minimum absolute atomic E-state index is 0.279. The molecule has 0 spiro atoms. The molecule has 0 aromatic heterocycles. The van der Waals surface area contributed by atoms with Crippen LogP contribution >= 0.6 is 12.2 Å². The SMILES string of the molecule is CCN(C(=S)Nc1ccccc1N)[C@@H]1CC[C@]2(c3cccc(C#N)c3)CC2C1. The zero-order valence-electron chi connectivity index (χ0n) is 16.2. The van der Waals surface area contributed by atoms with E-state index in [1.807, 2.05) is 36.4 Å². The molecule has 4 rings (SSSR count). The predicted molar refractivity (Wildman–Crippen MR) is 118 cm³/mol. The molecule has 0 saturated heterocycles. The summed E-state index contributed by atoms with van der Waals surface area (Å²) in [5.74, 6) is 0.679. The largest absolute Gasteiger partial charge is 0.397 e. The summed E-state index contributed by atoms with van der Waals surface area (Å²) in [6.45, 7) is 3.04. The molecule has 0 aliphatic heterocycles. The quantitative estimate of drug-likeness (QED) is 0.587. The van der Waals surface area contributed by atoms with E-state index < -0.39 is 0 Å². The zero-order chi connectivity index (χ0) is 19.7. The van der Waals surface area contributed by atoms with E-state index in [0.29, 0.717) is 17.6 Å². The van der Waals surface area contributed by atoms with E-state index in [2.05, 4.69) is 35.3 Å². The van der Waals surface area contributed by atoms with Gasteiger partial charge in [0.1, 0.15) is 0 Å². The number of para-hydroxylation sites is 2. The summed E-state index contributed by atoms with van der Waals surface area (Å²) in [5, 5.41) is 13.3. The summed E-state index contributed by atoms with van der Waals surface area (Å²) in [7, 11) is 0. The molecule has 3 atom stereocenters. The van der Waals surface area contributed by atoms with Crippen molar-refractivity contribution in [2.24, 2.45) is 5.92 Å². The minimum Gasteiger partial charge on any atom is -0.397 e. The summed E-state index contributed by atoms with van der Waals surface area (Å²) in [6, 6.07) is 18.7. The van der Waals surface area contributed by atoms with Crippen molar-refractivity contribution in [1.82, 2.24) is 4.90 Å². The highest BCUT2D eigenvalue weighted by atomic mass is 32.1. The Bertz CT molecular complexity index is 934. The Morgan fingerprint density at radius 3 is 2.86 bits per heavy atom. The van der Waals surface area contributed by atoms with Crippen molar-refractivity contribution in [2.75, 3.05) is 17.6 Å². The average Bonchev–Trinajstić information content (AvgIpc) is 3.45. The van der Waals surface area contributed by atoms with Crippen LogP contribution in [0.2, 0.25) is 0 Å². The first kappa shape index (κ1) is 18.8. The van der Waals surface area contributed by atoms with E-state index in [0.717, 1.165) is 42.2 Å². The lowest BCUT2D eigenvalue weighted by Gasteiger charge is -2.38. The van der Waals surface area contributed by atoms with Crippen LogP contribution in [0.25, 0.3) is 0 Å². The molecule has 1 unspecified atom stereocenters. The van der Waals surface area contributed by atoms with Gasteiger partial charge in [0.05, 0.1) is 23.0 Å². The molecule has 2 fully saturated rings. The van der Waals surface area contributed by atoms with Crippen molar-refractivity contribution in [3.8, 4) is 6.07 Å². The van der Waals surface area contributed by atoms with Crippen molar-refractivity contribution in [3.05, 3.63) is 59.7 Å². The second-order valence-electron chi connectivity index (χ2n) is 7.98. The molecule has 2 aliphatic carbocycles. The number of fused-ring (bicyclic) bond motifs is 1. The van der Waals surface area contributed by atoms with Crippen LogP contribution in [0.5, 0.6) is 0 Å². The molecular weight excluding hydrogens is 364 g/mol. The van der Waals surface area contributed by atoms with Gasteiger partial charge in [0, 0.05) is 12.6 Å². The highest BCUT2D eigenvalue weighted by Crippen LogP contribution is 2.62.